The summed E-state index contributed by atoms with van der Waals surface area (Å²) >= 11 is 7.34. The Balaban J connectivity index is 1.87. The van der Waals surface area contributed by atoms with Gasteiger partial charge >= 0.3 is 0 Å². The fourth-order valence-electron chi connectivity index (χ4n) is 3.68. The van der Waals surface area contributed by atoms with Crippen molar-refractivity contribution < 1.29 is 21.6 Å². The van der Waals surface area contributed by atoms with E-state index >= 15 is 4.39 Å². The lowest BCUT2D eigenvalue weighted by atomic mass is 9.85. The first-order valence-corrected chi connectivity index (χ1v) is 13.9. The lowest BCUT2D eigenvalue weighted by Gasteiger charge is -2.23. The minimum absolute atomic E-state index is 0.000965. The third kappa shape index (κ3) is 5.21. The predicted octanol–water partition coefficient (Wildman–Crippen LogP) is 7.22. The maximum Gasteiger partial charge on any atom is 0.267 e. The van der Waals surface area contributed by atoms with Gasteiger partial charge in [0, 0.05) is 17.2 Å². The zero-order chi connectivity index (χ0) is 27.0. The van der Waals surface area contributed by atoms with Crippen molar-refractivity contribution in [2.45, 2.75) is 43.9 Å². The molecule has 0 saturated heterocycles. The summed E-state index contributed by atoms with van der Waals surface area (Å²) < 4.78 is 71.7. The molecule has 0 atom stereocenters. The topological polar surface area (TPSA) is 84.8 Å². The van der Waals surface area contributed by atoms with Crippen molar-refractivity contribution in [1.29, 1.82) is 0 Å². The van der Waals surface area contributed by atoms with Crippen molar-refractivity contribution >= 4 is 38.6 Å². The van der Waals surface area contributed by atoms with Gasteiger partial charge in [0.1, 0.15) is 11.6 Å². The molecule has 0 aliphatic rings. The molecule has 0 unspecified atom stereocenters. The van der Waals surface area contributed by atoms with Crippen LogP contribution in [0.1, 0.15) is 38.6 Å². The van der Waals surface area contributed by atoms with Gasteiger partial charge in [0.2, 0.25) is 5.28 Å². The number of sulfonamides is 1. The maximum atomic E-state index is 15.8. The first kappa shape index (κ1) is 27.0. The average Bonchev–Trinajstić information content (AvgIpc) is 3.30. The standard InChI is InChI=1S/C25H22ClF3N4O2S2/c1-4-25(3,5-2)23-32-20(21(36-23)18-12-13-30-24(26)31-18)14-8-6-11-17(19(14)29)33-37(34,35)22-15(27)9-7-10-16(22)28/h6-13,33H,4-5H2,1-3H3. The highest BCUT2D eigenvalue weighted by molar-refractivity contribution is 7.92. The van der Waals surface area contributed by atoms with Gasteiger partial charge in [-0.2, -0.15) is 0 Å². The summed E-state index contributed by atoms with van der Waals surface area (Å²) in [7, 11) is -4.79. The van der Waals surface area contributed by atoms with Gasteiger partial charge in [-0.25, -0.2) is 36.5 Å². The van der Waals surface area contributed by atoms with Crippen LogP contribution in [0, 0.1) is 17.5 Å². The molecule has 2 aromatic heterocycles. The molecule has 2 heterocycles. The van der Waals surface area contributed by atoms with Crippen LogP contribution in [0.15, 0.2) is 53.6 Å². The zero-order valence-corrected chi connectivity index (χ0v) is 22.4. The van der Waals surface area contributed by atoms with Crippen molar-refractivity contribution in [3.8, 4) is 21.8 Å². The Morgan fingerprint density at radius 3 is 2.27 bits per heavy atom. The molecule has 1 N–H and O–H groups in total. The fourth-order valence-corrected chi connectivity index (χ4v) is 6.36. The molecule has 4 aromatic rings. The second-order valence-electron chi connectivity index (χ2n) is 8.50. The Labute approximate surface area is 221 Å². The van der Waals surface area contributed by atoms with Crippen molar-refractivity contribution in [1.82, 2.24) is 15.0 Å². The van der Waals surface area contributed by atoms with Crippen LogP contribution in [0.4, 0.5) is 18.9 Å². The number of rotatable bonds is 8. The van der Waals surface area contributed by atoms with Gasteiger partial charge in [-0.3, -0.25) is 4.72 Å². The van der Waals surface area contributed by atoms with Gasteiger partial charge in [0.05, 0.1) is 27.0 Å². The quantitative estimate of drug-likeness (QED) is 0.228. The summed E-state index contributed by atoms with van der Waals surface area (Å²) in [6, 6.07) is 8.28. The van der Waals surface area contributed by atoms with Gasteiger partial charge < -0.3 is 0 Å². The summed E-state index contributed by atoms with van der Waals surface area (Å²) in [5, 5.41) is 0.747. The first-order chi connectivity index (χ1) is 17.5. The lowest BCUT2D eigenvalue weighted by Crippen LogP contribution is -2.19. The molecule has 0 aliphatic heterocycles. The van der Waals surface area contributed by atoms with Gasteiger partial charge in [-0.15, -0.1) is 11.3 Å². The Morgan fingerprint density at radius 2 is 1.65 bits per heavy atom. The van der Waals surface area contributed by atoms with Crippen LogP contribution in [0.5, 0.6) is 0 Å². The van der Waals surface area contributed by atoms with Crippen LogP contribution in [0.2, 0.25) is 5.28 Å². The lowest BCUT2D eigenvalue weighted by molar-refractivity contribution is 0.437. The molecule has 0 spiro atoms. The summed E-state index contributed by atoms with van der Waals surface area (Å²) in [6.07, 6.45) is 3.02. The molecule has 194 valence electrons. The van der Waals surface area contributed by atoms with E-state index in [0.29, 0.717) is 10.6 Å². The van der Waals surface area contributed by atoms with E-state index < -0.39 is 38.1 Å². The number of nitrogens with zero attached hydrogens (tertiary/aromatic N) is 3. The number of halogens is 4. The van der Waals surface area contributed by atoms with Gasteiger partial charge in [0.25, 0.3) is 10.0 Å². The van der Waals surface area contributed by atoms with Crippen molar-refractivity contribution in [2.24, 2.45) is 0 Å². The Bertz CT molecular complexity index is 1550. The minimum Gasteiger partial charge on any atom is -0.276 e. The smallest absolute Gasteiger partial charge is 0.267 e. The molecule has 0 radical (unpaired) electrons. The van der Waals surface area contributed by atoms with Gasteiger partial charge in [-0.05, 0) is 54.8 Å². The first-order valence-electron chi connectivity index (χ1n) is 11.3. The molecule has 6 nitrogen and oxygen atoms in total. The third-order valence-electron chi connectivity index (χ3n) is 6.25. The number of hydrogen-bond acceptors (Lipinski definition) is 6. The van der Waals surface area contributed by atoms with Crippen LogP contribution >= 0.6 is 22.9 Å². The number of thiazole rings is 1. The number of benzene rings is 2. The summed E-state index contributed by atoms with van der Waals surface area (Å²) in [5.74, 6) is -3.56. The predicted molar refractivity (Wildman–Crippen MR) is 139 cm³/mol. The van der Waals surface area contributed by atoms with Crippen LogP contribution in [0.25, 0.3) is 21.8 Å². The van der Waals surface area contributed by atoms with Crippen LogP contribution < -0.4 is 4.72 Å². The molecule has 2 aromatic carbocycles. The van der Waals surface area contributed by atoms with E-state index in [0.717, 1.165) is 42.1 Å². The van der Waals surface area contributed by atoms with E-state index in [9.17, 15) is 17.2 Å². The van der Waals surface area contributed by atoms with E-state index in [1.807, 2.05) is 18.6 Å². The maximum absolute atomic E-state index is 15.8. The molecule has 4 rings (SSSR count). The Hall–Kier alpha value is -3.02. The zero-order valence-electron chi connectivity index (χ0n) is 20.0. The largest absolute Gasteiger partial charge is 0.276 e. The Kier molecular flexibility index (Phi) is 7.59. The fraction of sp³-hybridized carbons (Fsp3) is 0.240. The third-order valence-corrected chi connectivity index (χ3v) is 9.23. The van der Waals surface area contributed by atoms with Crippen LogP contribution in [-0.2, 0) is 15.4 Å². The number of hydrogen-bond donors (Lipinski definition) is 1. The Morgan fingerprint density at radius 1 is 1.00 bits per heavy atom. The van der Waals surface area contributed by atoms with E-state index in [2.05, 4.69) is 16.9 Å². The highest BCUT2D eigenvalue weighted by Crippen LogP contribution is 2.44. The second kappa shape index (κ2) is 10.4. The molecule has 0 fully saturated rings. The molecule has 0 bridgehead atoms. The molecule has 0 aliphatic carbocycles. The summed E-state index contributed by atoms with van der Waals surface area (Å²) in [5.41, 5.74) is -0.149. The van der Waals surface area contributed by atoms with Crippen LogP contribution in [-0.4, -0.2) is 23.4 Å². The molecule has 37 heavy (non-hydrogen) atoms. The molecular formula is C25H22ClF3N4O2S2. The monoisotopic (exact) mass is 566 g/mol. The van der Waals surface area contributed by atoms with E-state index in [4.69, 9.17) is 16.6 Å². The van der Waals surface area contributed by atoms with E-state index in [-0.39, 0.29) is 22.0 Å². The molecular weight excluding hydrogens is 545 g/mol. The van der Waals surface area contributed by atoms with Crippen molar-refractivity contribution in [3.63, 3.8) is 0 Å². The highest BCUT2D eigenvalue weighted by atomic mass is 35.5. The van der Waals surface area contributed by atoms with Crippen molar-refractivity contribution in [3.05, 3.63) is 76.4 Å². The highest BCUT2D eigenvalue weighted by Gasteiger charge is 2.31. The van der Waals surface area contributed by atoms with Gasteiger partial charge in [-0.1, -0.05) is 32.9 Å². The number of anilines is 1. The van der Waals surface area contributed by atoms with E-state index in [1.165, 1.54) is 29.7 Å². The number of nitrogens with one attached hydrogen (secondary N) is 1. The average molecular weight is 567 g/mol. The summed E-state index contributed by atoms with van der Waals surface area (Å²) in [6.45, 7) is 6.11. The van der Waals surface area contributed by atoms with Crippen LogP contribution in [0.3, 0.4) is 0 Å². The van der Waals surface area contributed by atoms with E-state index in [1.54, 1.807) is 6.07 Å². The molecule has 0 amide bonds. The minimum atomic E-state index is -4.79. The van der Waals surface area contributed by atoms with Crippen molar-refractivity contribution in [2.75, 3.05) is 4.72 Å². The van der Waals surface area contributed by atoms with Gasteiger partial charge in [0.15, 0.2) is 10.7 Å². The molecule has 12 heteroatoms. The molecule has 0 saturated carbocycles. The normalized spacial score (nSPS) is 12.1. The number of aromatic nitrogens is 3. The second-order valence-corrected chi connectivity index (χ2v) is 11.5. The summed E-state index contributed by atoms with van der Waals surface area (Å²) in [4.78, 5) is 12.2. The SMILES string of the molecule is CCC(C)(CC)c1nc(-c2cccc(NS(=O)(=O)c3c(F)cccc3F)c2F)c(-c2ccnc(Cl)n2)s1.